The Morgan fingerprint density at radius 2 is 1.08 bits per heavy atom. The molecular weight excluding hydrogens is 396 g/mol. The maximum Gasteiger partial charge on any atom is 0.407 e. The lowest BCUT2D eigenvalue weighted by Crippen LogP contribution is -2.56. The topological polar surface area (TPSA) is 163 Å². The van der Waals surface area contributed by atoms with Crippen LogP contribution in [0.25, 0.3) is 0 Å². The Labute approximate surface area is 152 Å². The lowest BCUT2D eigenvalue weighted by molar-refractivity contribution is 0.119. The van der Waals surface area contributed by atoms with E-state index in [1.807, 2.05) is 0 Å². The Morgan fingerprint density at radius 1 is 0.769 bits per heavy atom. The Morgan fingerprint density at radius 3 is 1.31 bits per heavy atom. The number of amides is 2. The van der Waals surface area contributed by atoms with Crippen LogP contribution in [0.4, 0.5) is 9.59 Å². The van der Waals surface area contributed by atoms with E-state index in [2.05, 4.69) is 19.0 Å². The maximum atomic E-state index is 11.7. The molecule has 0 bridgehead atoms. The quantitative estimate of drug-likeness (QED) is 0.403. The standard InChI is InChI=1S/C12H24N2O10S2/c1-5-21-11(15)13-9(7-23-25(3,17)18)10(8-24-26(4,19)20)14-12(16)22-6-2/h9-10H,5-8H2,1-4H3,(H,13,15)(H,14,16)/t9-,10+. The van der Waals surface area contributed by atoms with E-state index >= 15 is 0 Å². The molecule has 154 valence electrons. The van der Waals surface area contributed by atoms with Crippen LogP contribution in [-0.4, -0.2) is 80.0 Å². The molecule has 0 unspecified atom stereocenters. The van der Waals surface area contributed by atoms with Gasteiger partial charge < -0.3 is 20.1 Å². The van der Waals surface area contributed by atoms with Gasteiger partial charge in [-0.2, -0.15) is 16.8 Å². The summed E-state index contributed by atoms with van der Waals surface area (Å²) in [4.78, 5) is 23.3. The SMILES string of the molecule is CCOC(=O)N[C@@H](COS(C)(=O)=O)[C@@H](COS(C)(=O)=O)NC(=O)OCC. The molecule has 0 aromatic heterocycles. The van der Waals surface area contributed by atoms with Crippen molar-refractivity contribution in [2.75, 3.05) is 38.9 Å². The van der Waals surface area contributed by atoms with Gasteiger partial charge in [-0.15, -0.1) is 0 Å². The van der Waals surface area contributed by atoms with Crippen molar-refractivity contribution >= 4 is 32.4 Å². The largest absolute Gasteiger partial charge is 0.450 e. The van der Waals surface area contributed by atoms with Crippen molar-refractivity contribution in [3.8, 4) is 0 Å². The Hall–Kier alpha value is -1.64. The summed E-state index contributed by atoms with van der Waals surface area (Å²) in [5.74, 6) is 0. The van der Waals surface area contributed by atoms with E-state index in [9.17, 15) is 26.4 Å². The van der Waals surface area contributed by atoms with Crippen LogP contribution in [0, 0.1) is 0 Å². The molecule has 0 saturated carbocycles. The number of carbonyl (C=O) groups excluding carboxylic acids is 2. The fourth-order valence-electron chi connectivity index (χ4n) is 1.56. The van der Waals surface area contributed by atoms with Gasteiger partial charge >= 0.3 is 12.2 Å². The lowest BCUT2D eigenvalue weighted by Gasteiger charge is -2.27. The predicted molar refractivity (Wildman–Crippen MR) is 89.5 cm³/mol. The van der Waals surface area contributed by atoms with E-state index in [0.29, 0.717) is 0 Å². The molecule has 2 N–H and O–H groups in total. The highest BCUT2D eigenvalue weighted by molar-refractivity contribution is 7.86. The molecule has 0 rings (SSSR count). The van der Waals surface area contributed by atoms with Gasteiger partial charge in [0.25, 0.3) is 20.2 Å². The fourth-order valence-corrected chi connectivity index (χ4v) is 2.35. The molecule has 0 aliphatic carbocycles. The van der Waals surface area contributed by atoms with Crippen LogP contribution < -0.4 is 10.6 Å². The first-order chi connectivity index (χ1) is 11.9. The second-order valence-corrected chi connectivity index (χ2v) is 8.21. The molecule has 0 spiro atoms. The van der Waals surface area contributed by atoms with Gasteiger partial charge in [-0.05, 0) is 13.8 Å². The average Bonchev–Trinajstić information content (AvgIpc) is 2.46. The third-order valence-electron chi connectivity index (χ3n) is 2.57. The summed E-state index contributed by atoms with van der Waals surface area (Å²) in [5, 5.41) is 4.56. The third kappa shape index (κ3) is 12.7. The highest BCUT2D eigenvalue weighted by Gasteiger charge is 2.29. The minimum absolute atomic E-state index is 0.0291. The summed E-state index contributed by atoms with van der Waals surface area (Å²) in [7, 11) is -7.76. The van der Waals surface area contributed by atoms with Gasteiger partial charge in [-0.25, -0.2) is 9.59 Å². The lowest BCUT2D eigenvalue weighted by atomic mass is 10.1. The minimum Gasteiger partial charge on any atom is -0.450 e. The predicted octanol–water partition coefficient (Wildman–Crippen LogP) is -0.832. The zero-order valence-electron chi connectivity index (χ0n) is 14.9. The number of alkyl carbamates (subject to hydrolysis) is 2. The molecule has 2 atom stereocenters. The molecule has 2 amide bonds. The molecule has 14 heteroatoms. The van der Waals surface area contributed by atoms with Crippen LogP contribution in [0.1, 0.15) is 13.8 Å². The molecule has 0 aliphatic heterocycles. The van der Waals surface area contributed by atoms with Crippen LogP contribution >= 0.6 is 0 Å². The molecule has 0 heterocycles. The van der Waals surface area contributed by atoms with Crippen LogP contribution in [0.2, 0.25) is 0 Å². The maximum absolute atomic E-state index is 11.7. The van der Waals surface area contributed by atoms with Crippen molar-refractivity contribution < 1.29 is 44.3 Å². The first-order valence-electron chi connectivity index (χ1n) is 7.43. The van der Waals surface area contributed by atoms with Crippen molar-refractivity contribution in [2.24, 2.45) is 0 Å². The van der Waals surface area contributed by atoms with E-state index in [1.165, 1.54) is 0 Å². The molecule has 0 fully saturated rings. The van der Waals surface area contributed by atoms with Crippen molar-refractivity contribution in [1.82, 2.24) is 10.6 Å². The summed E-state index contributed by atoms with van der Waals surface area (Å²) < 4.78 is 63.5. The van der Waals surface area contributed by atoms with Crippen molar-refractivity contribution in [3.63, 3.8) is 0 Å². The van der Waals surface area contributed by atoms with Crippen molar-refractivity contribution in [1.29, 1.82) is 0 Å². The van der Waals surface area contributed by atoms with Gasteiger partial charge in [0.1, 0.15) is 0 Å². The first-order valence-corrected chi connectivity index (χ1v) is 11.1. The van der Waals surface area contributed by atoms with Crippen molar-refractivity contribution in [2.45, 2.75) is 25.9 Å². The normalized spacial score (nSPS) is 14.2. The second-order valence-electron chi connectivity index (χ2n) is 4.92. The zero-order valence-corrected chi connectivity index (χ0v) is 16.5. The van der Waals surface area contributed by atoms with Crippen LogP contribution in [-0.2, 0) is 38.1 Å². The summed E-state index contributed by atoms with van der Waals surface area (Å²) in [6, 6.07) is -2.40. The van der Waals surface area contributed by atoms with Gasteiger partial charge in [0.05, 0.1) is 51.0 Å². The number of nitrogens with one attached hydrogen (secondary N) is 2. The highest BCUT2D eigenvalue weighted by atomic mass is 32.2. The Kier molecular flexibility index (Phi) is 10.4. The average molecular weight is 420 g/mol. The van der Waals surface area contributed by atoms with Gasteiger partial charge in [0.2, 0.25) is 0 Å². The van der Waals surface area contributed by atoms with Crippen LogP contribution in [0.3, 0.4) is 0 Å². The number of ether oxygens (including phenoxy) is 2. The summed E-state index contributed by atoms with van der Waals surface area (Å²) >= 11 is 0. The van der Waals surface area contributed by atoms with Gasteiger partial charge in [-0.3, -0.25) is 8.37 Å². The summed E-state index contributed by atoms with van der Waals surface area (Å²) in [6.45, 7) is 1.93. The molecule has 12 nitrogen and oxygen atoms in total. The van der Waals surface area contributed by atoms with Gasteiger partial charge in [0.15, 0.2) is 0 Å². The first kappa shape index (κ1) is 24.4. The van der Waals surface area contributed by atoms with Crippen LogP contribution in [0.5, 0.6) is 0 Å². The van der Waals surface area contributed by atoms with Crippen molar-refractivity contribution in [3.05, 3.63) is 0 Å². The van der Waals surface area contributed by atoms with E-state index in [0.717, 1.165) is 12.5 Å². The van der Waals surface area contributed by atoms with Gasteiger partial charge in [-0.1, -0.05) is 0 Å². The Bertz CT molecular complexity index is 603. The smallest absolute Gasteiger partial charge is 0.407 e. The second kappa shape index (κ2) is 11.2. The monoisotopic (exact) mass is 420 g/mol. The number of hydrogen-bond donors (Lipinski definition) is 2. The minimum atomic E-state index is -3.88. The molecule has 26 heavy (non-hydrogen) atoms. The molecule has 0 radical (unpaired) electrons. The highest BCUT2D eigenvalue weighted by Crippen LogP contribution is 2.03. The number of hydrogen-bond acceptors (Lipinski definition) is 10. The van der Waals surface area contributed by atoms with E-state index in [1.54, 1.807) is 13.8 Å². The van der Waals surface area contributed by atoms with Crippen LogP contribution in [0.15, 0.2) is 0 Å². The van der Waals surface area contributed by atoms with E-state index in [-0.39, 0.29) is 13.2 Å². The zero-order chi connectivity index (χ0) is 20.4. The molecule has 0 aromatic carbocycles. The third-order valence-corrected chi connectivity index (χ3v) is 3.69. The summed E-state index contributed by atoms with van der Waals surface area (Å²) in [5.41, 5.74) is 0. The molecule has 0 aromatic rings. The van der Waals surface area contributed by atoms with Gasteiger partial charge in [0, 0.05) is 0 Å². The Balaban J connectivity index is 5.39. The number of rotatable bonds is 11. The van der Waals surface area contributed by atoms with E-state index < -0.39 is 57.7 Å². The molecular formula is C12H24N2O10S2. The summed E-state index contributed by atoms with van der Waals surface area (Å²) in [6.07, 6.45) is -0.279. The molecule has 0 saturated heterocycles. The molecule has 0 aliphatic rings. The number of carbonyl (C=O) groups is 2. The fraction of sp³-hybridized carbons (Fsp3) is 0.833. The van der Waals surface area contributed by atoms with E-state index in [4.69, 9.17) is 9.47 Å².